The molecule has 0 saturated heterocycles. The average molecular weight is 469 g/mol. The van der Waals surface area contributed by atoms with E-state index in [0.29, 0.717) is 29.7 Å². The highest BCUT2D eigenvalue weighted by molar-refractivity contribution is 7.92. The summed E-state index contributed by atoms with van der Waals surface area (Å²) in [5.41, 5.74) is 2.90. The van der Waals surface area contributed by atoms with Crippen molar-refractivity contribution in [3.8, 4) is 22.9 Å². The fraction of sp³-hybridized carbons (Fsp3) is 0.333. The van der Waals surface area contributed by atoms with Crippen molar-refractivity contribution < 1.29 is 17.9 Å². The molecule has 0 saturated carbocycles. The highest BCUT2D eigenvalue weighted by atomic mass is 32.2. The van der Waals surface area contributed by atoms with Crippen molar-refractivity contribution in [3.05, 3.63) is 54.1 Å². The fourth-order valence-corrected chi connectivity index (χ4v) is 4.89. The molecule has 0 amide bonds. The second-order valence-electron chi connectivity index (χ2n) is 8.48. The molecule has 4 bridgehead atoms. The Hall–Kier alpha value is -3.33. The maximum Gasteiger partial charge on any atom is 0.264 e. The van der Waals surface area contributed by atoms with Gasteiger partial charge in [0.1, 0.15) is 12.4 Å². The molecule has 1 aromatic heterocycles. The first-order chi connectivity index (χ1) is 15.7. The number of fused-ring (bicyclic) bond motifs is 4. The SMILES string of the molecule is COc1cccc(C)c1-c1cc2nc(n1)NS(=O)(=O)c1cccc(c1)N[C@H](CC(C)C)CO2. The highest BCUT2D eigenvalue weighted by Crippen LogP contribution is 2.34. The first-order valence-electron chi connectivity index (χ1n) is 10.8. The van der Waals surface area contributed by atoms with Gasteiger partial charge in [0.15, 0.2) is 0 Å². The maximum atomic E-state index is 13.1. The molecule has 0 radical (unpaired) electrons. The molecule has 0 unspecified atom stereocenters. The number of aryl methyl sites for hydroxylation is 1. The van der Waals surface area contributed by atoms with E-state index in [0.717, 1.165) is 17.5 Å². The first-order valence-corrected chi connectivity index (χ1v) is 12.3. The van der Waals surface area contributed by atoms with E-state index in [1.54, 1.807) is 31.4 Å². The quantitative estimate of drug-likeness (QED) is 0.582. The third-order valence-corrected chi connectivity index (χ3v) is 6.67. The number of methoxy groups -OCH3 is 1. The maximum absolute atomic E-state index is 13.1. The number of benzene rings is 2. The van der Waals surface area contributed by atoms with Gasteiger partial charge in [-0.25, -0.2) is 18.1 Å². The number of hydrogen-bond donors (Lipinski definition) is 2. The molecule has 1 aliphatic heterocycles. The van der Waals surface area contributed by atoms with Crippen LogP contribution < -0.4 is 19.5 Å². The van der Waals surface area contributed by atoms with Gasteiger partial charge < -0.3 is 14.8 Å². The summed E-state index contributed by atoms with van der Waals surface area (Å²) in [6.45, 7) is 6.56. The molecule has 3 aromatic rings. The van der Waals surface area contributed by atoms with E-state index >= 15 is 0 Å². The monoisotopic (exact) mass is 468 g/mol. The molecule has 0 fully saturated rings. The predicted molar refractivity (Wildman–Crippen MR) is 128 cm³/mol. The Balaban J connectivity index is 1.85. The Morgan fingerprint density at radius 1 is 1.15 bits per heavy atom. The lowest BCUT2D eigenvalue weighted by molar-refractivity contribution is 0.271. The van der Waals surface area contributed by atoms with Crippen LogP contribution in [-0.4, -0.2) is 38.1 Å². The van der Waals surface area contributed by atoms with Gasteiger partial charge in [-0.15, -0.1) is 0 Å². The molecule has 9 heteroatoms. The van der Waals surface area contributed by atoms with Gasteiger partial charge in [0.25, 0.3) is 10.0 Å². The van der Waals surface area contributed by atoms with Crippen molar-refractivity contribution in [1.29, 1.82) is 0 Å². The number of sulfonamides is 1. The summed E-state index contributed by atoms with van der Waals surface area (Å²) in [5, 5.41) is 3.41. The minimum Gasteiger partial charge on any atom is -0.496 e. The Morgan fingerprint density at radius 2 is 1.94 bits per heavy atom. The summed E-state index contributed by atoms with van der Waals surface area (Å²) in [7, 11) is -2.33. The third-order valence-electron chi connectivity index (χ3n) is 5.34. The molecule has 1 atom stereocenters. The van der Waals surface area contributed by atoms with Crippen molar-refractivity contribution in [2.24, 2.45) is 5.92 Å². The molecule has 0 spiro atoms. The topological polar surface area (TPSA) is 102 Å². The minimum atomic E-state index is -3.91. The van der Waals surface area contributed by atoms with Crippen LogP contribution in [0, 0.1) is 12.8 Å². The van der Waals surface area contributed by atoms with Gasteiger partial charge in [-0.05, 0) is 49.1 Å². The Bertz CT molecular complexity index is 1260. The number of anilines is 2. The van der Waals surface area contributed by atoms with Crippen LogP contribution in [0.25, 0.3) is 11.3 Å². The highest BCUT2D eigenvalue weighted by Gasteiger charge is 2.22. The Morgan fingerprint density at radius 3 is 2.70 bits per heavy atom. The van der Waals surface area contributed by atoms with E-state index in [1.165, 1.54) is 0 Å². The number of nitrogens with zero attached hydrogens (tertiary/aromatic N) is 2. The lowest BCUT2D eigenvalue weighted by Gasteiger charge is -2.23. The molecule has 2 aromatic carbocycles. The first kappa shape index (κ1) is 22.8. The van der Waals surface area contributed by atoms with Crippen molar-refractivity contribution in [2.75, 3.05) is 23.8 Å². The van der Waals surface area contributed by atoms with Crippen LogP contribution in [0.5, 0.6) is 11.6 Å². The van der Waals surface area contributed by atoms with Gasteiger partial charge >= 0.3 is 0 Å². The van der Waals surface area contributed by atoms with Crippen LogP contribution in [0.4, 0.5) is 11.6 Å². The van der Waals surface area contributed by atoms with Crippen molar-refractivity contribution in [2.45, 2.75) is 38.1 Å². The van der Waals surface area contributed by atoms with Crippen molar-refractivity contribution >= 4 is 21.7 Å². The van der Waals surface area contributed by atoms with Crippen LogP contribution in [0.3, 0.4) is 0 Å². The molecule has 33 heavy (non-hydrogen) atoms. The number of nitrogens with one attached hydrogen (secondary N) is 2. The Labute approximate surface area is 194 Å². The molecule has 8 nitrogen and oxygen atoms in total. The van der Waals surface area contributed by atoms with Gasteiger partial charge in [0.2, 0.25) is 11.8 Å². The predicted octanol–water partition coefficient (Wildman–Crippen LogP) is 4.48. The number of aromatic nitrogens is 2. The normalized spacial score (nSPS) is 17.1. The zero-order chi connectivity index (χ0) is 23.6. The van der Waals surface area contributed by atoms with Crippen LogP contribution >= 0.6 is 0 Å². The second-order valence-corrected chi connectivity index (χ2v) is 10.2. The molecule has 0 aliphatic carbocycles. The molecule has 174 valence electrons. The molecule has 1 aliphatic rings. The molecular weight excluding hydrogens is 440 g/mol. The summed E-state index contributed by atoms with van der Waals surface area (Å²) in [6.07, 6.45) is 0.839. The van der Waals surface area contributed by atoms with E-state index in [2.05, 4.69) is 33.9 Å². The van der Waals surface area contributed by atoms with E-state index < -0.39 is 10.0 Å². The zero-order valence-electron chi connectivity index (χ0n) is 19.1. The molecule has 2 heterocycles. The van der Waals surface area contributed by atoms with Crippen LogP contribution in [0.1, 0.15) is 25.8 Å². The third kappa shape index (κ3) is 5.19. The van der Waals surface area contributed by atoms with Gasteiger partial charge in [-0.2, -0.15) is 4.98 Å². The van der Waals surface area contributed by atoms with E-state index in [9.17, 15) is 8.42 Å². The molecule has 2 N–H and O–H groups in total. The largest absolute Gasteiger partial charge is 0.496 e. The van der Waals surface area contributed by atoms with Gasteiger partial charge in [-0.1, -0.05) is 32.0 Å². The van der Waals surface area contributed by atoms with Crippen LogP contribution in [0.2, 0.25) is 0 Å². The minimum absolute atomic E-state index is 0.0368. The van der Waals surface area contributed by atoms with Crippen LogP contribution in [-0.2, 0) is 10.0 Å². The summed E-state index contributed by atoms with van der Waals surface area (Å²) >= 11 is 0. The summed E-state index contributed by atoms with van der Waals surface area (Å²) in [6, 6.07) is 14.0. The second kappa shape index (κ2) is 9.27. The van der Waals surface area contributed by atoms with Gasteiger partial charge in [0.05, 0.1) is 23.7 Å². The van der Waals surface area contributed by atoms with Gasteiger partial charge in [0, 0.05) is 17.3 Å². The average Bonchev–Trinajstić information content (AvgIpc) is 2.76. The molecule has 4 rings (SSSR count). The lowest BCUT2D eigenvalue weighted by Crippen LogP contribution is -2.29. The Kier molecular flexibility index (Phi) is 6.42. The summed E-state index contributed by atoms with van der Waals surface area (Å²) in [5.74, 6) is 1.26. The van der Waals surface area contributed by atoms with E-state index in [4.69, 9.17) is 9.47 Å². The van der Waals surface area contributed by atoms with Crippen molar-refractivity contribution in [3.63, 3.8) is 0 Å². The molecular formula is C24H28N4O4S. The van der Waals surface area contributed by atoms with Gasteiger partial charge in [-0.3, -0.25) is 0 Å². The standard InChI is InChI=1S/C24H28N4O4S/c1-15(2)11-18-14-32-22-13-20(23-16(3)7-5-10-21(23)31-4)26-24(27-22)28-33(29,30)19-9-6-8-17(12-19)25-18/h5-10,12-13,15,18,25H,11,14H2,1-4H3,(H,26,27,28)/t18-/m1/s1. The summed E-state index contributed by atoms with van der Waals surface area (Å²) < 4.78 is 40.3. The summed E-state index contributed by atoms with van der Waals surface area (Å²) in [4.78, 5) is 8.96. The fourth-order valence-electron chi connectivity index (χ4n) is 3.90. The number of hydrogen-bond acceptors (Lipinski definition) is 7. The zero-order valence-corrected chi connectivity index (χ0v) is 19.9. The van der Waals surface area contributed by atoms with Crippen LogP contribution in [0.15, 0.2) is 53.4 Å². The number of ether oxygens (including phenoxy) is 2. The lowest BCUT2D eigenvalue weighted by atomic mass is 10.0. The van der Waals surface area contributed by atoms with Crippen molar-refractivity contribution in [1.82, 2.24) is 9.97 Å². The number of rotatable bonds is 4. The van der Waals surface area contributed by atoms with E-state index in [-0.39, 0.29) is 22.8 Å². The van der Waals surface area contributed by atoms with E-state index in [1.807, 2.05) is 31.2 Å². The smallest absolute Gasteiger partial charge is 0.264 e.